The largest absolute Gasteiger partial charge is 0.257 e. The summed E-state index contributed by atoms with van der Waals surface area (Å²) < 4.78 is 25.6. The quantitative estimate of drug-likeness (QED) is 0.493. The third-order valence-electron chi connectivity index (χ3n) is 3.38. The van der Waals surface area contributed by atoms with Crippen molar-refractivity contribution >= 4 is 0 Å². The van der Waals surface area contributed by atoms with Crippen LogP contribution in [0.4, 0.5) is 8.78 Å². The summed E-state index contributed by atoms with van der Waals surface area (Å²) in [6, 6.07) is 0. The van der Waals surface area contributed by atoms with Crippen LogP contribution in [0.3, 0.4) is 0 Å². The molecule has 0 saturated heterocycles. The van der Waals surface area contributed by atoms with E-state index >= 15 is 0 Å². The van der Waals surface area contributed by atoms with Crippen LogP contribution in [-0.4, -0.2) is 5.92 Å². The molecule has 2 heteroatoms. The zero-order valence-corrected chi connectivity index (χ0v) is 6.32. The molecule has 0 bridgehead atoms. The average Bonchev–Trinajstić information content (AvgIpc) is 2.13. The van der Waals surface area contributed by atoms with Crippen molar-refractivity contribution in [1.82, 2.24) is 0 Å². The molecule has 0 N–H and O–H groups in total. The van der Waals surface area contributed by atoms with Gasteiger partial charge in [-0.2, -0.15) is 0 Å². The van der Waals surface area contributed by atoms with Crippen molar-refractivity contribution in [3.05, 3.63) is 0 Å². The van der Waals surface area contributed by atoms with Crippen molar-refractivity contribution in [3.8, 4) is 0 Å². The Kier molecular flexibility index (Phi) is 0.911. The Bertz CT molecular complexity index is 168. The maximum atomic E-state index is 12.8. The Morgan fingerprint density at radius 2 is 1.60 bits per heavy atom. The van der Waals surface area contributed by atoms with Crippen molar-refractivity contribution in [3.63, 3.8) is 0 Å². The lowest BCUT2D eigenvalue weighted by atomic mass is 9.71. The first kappa shape index (κ1) is 6.56. The van der Waals surface area contributed by atoms with Gasteiger partial charge >= 0.3 is 0 Å². The monoisotopic (exact) mass is 146 g/mol. The minimum Gasteiger partial charge on any atom is -0.206 e. The summed E-state index contributed by atoms with van der Waals surface area (Å²) >= 11 is 0. The van der Waals surface area contributed by atoms with E-state index in [1.165, 1.54) is 0 Å². The summed E-state index contributed by atoms with van der Waals surface area (Å²) in [7, 11) is 0. The lowest BCUT2D eigenvalue weighted by Crippen LogP contribution is -2.28. The summed E-state index contributed by atoms with van der Waals surface area (Å²) in [5.41, 5.74) is -0.535. The second kappa shape index (κ2) is 1.39. The van der Waals surface area contributed by atoms with E-state index < -0.39 is 11.3 Å². The van der Waals surface area contributed by atoms with Crippen LogP contribution >= 0.6 is 0 Å². The molecule has 0 radical (unpaired) electrons. The van der Waals surface area contributed by atoms with Gasteiger partial charge < -0.3 is 0 Å². The summed E-state index contributed by atoms with van der Waals surface area (Å²) in [6.45, 7) is 3.72. The molecule has 10 heavy (non-hydrogen) atoms. The van der Waals surface area contributed by atoms with Gasteiger partial charge in [-0.15, -0.1) is 0 Å². The van der Waals surface area contributed by atoms with Crippen molar-refractivity contribution in [2.75, 3.05) is 0 Å². The number of rotatable bonds is 0. The first-order chi connectivity index (χ1) is 4.51. The Labute approximate surface area is 59.6 Å². The maximum absolute atomic E-state index is 12.8. The van der Waals surface area contributed by atoms with E-state index in [4.69, 9.17) is 0 Å². The minimum atomic E-state index is -2.32. The van der Waals surface area contributed by atoms with Crippen LogP contribution < -0.4 is 0 Å². The van der Waals surface area contributed by atoms with E-state index in [-0.39, 0.29) is 5.92 Å². The van der Waals surface area contributed by atoms with Crippen molar-refractivity contribution < 1.29 is 8.78 Å². The molecule has 0 amide bonds. The lowest BCUT2D eigenvalue weighted by molar-refractivity contribution is 0.00613. The molecular weight excluding hydrogens is 134 g/mol. The molecule has 2 aliphatic rings. The molecule has 2 fully saturated rings. The number of alkyl halides is 2. The molecular formula is C8H12F2. The molecule has 58 valence electrons. The zero-order valence-electron chi connectivity index (χ0n) is 6.32. The average molecular weight is 146 g/mol. The first-order valence-corrected chi connectivity index (χ1v) is 3.88. The second-order valence-electron chi connectivity index (χ2n) is 4.01. The summed E-state index contributed by atoms with van der Waals surface area (Å²) in [5.74, 6) is -2.12. The van der Waals surface area contributed by atoms with Crippen LogP contribution in [-0.2, 0) is 0 Å². The van der Waals surface area contributed by atoms with Gasteiger partial charge in [0.05, 0.1) is 0 Å². The molecule has 1 spiro atoms. The van der Waals surface area contributed by atoms with Gasteiger partial charge in [0.1, 0.15) is 0 Å². The molecule has 2 aliphatic carbocycles. The Hall–Kier alpha value is -0.140. The Morgan fingerprint density at radius 3 is 1.70 bits per heavy atom. The molecule has 2 rings (SSSR count). The molecule has 0 nitrogen and oxygen atoms in total. The topological polar surface area (TPSA) is 0 Å². The standard InChI is InChI=1S/C8H12F2/c1-5-3-7(4-5)6(2)8(7,9)10/h5-6H,3-4H2,1-2H3. The van der Waals surface area contributed by atoms with E-state index in [9.17, 15) is 8.78 Å². The Balaban J connectivity index is 2.11. The van der Waals surface area contributed by atoms with Crippen LogP contribution in [0.2, 0.25) is 0 Å². The van der Waals surface area contributed by atoms with E-state index in [2.05, 4.69) is 0 Å². The van der Waals surface area contributed by atoms with E-state index in [0.717, 1.165) is 12.8 Å². The fourth-order valence-electron chi connectivity index (χ4n) is 2.52. The highest BCUT2D eigenvalue weighted by Crippen LogP contribution is 2.76. The van der Waals surface area contributed by atoms with Crippen molar-refractivity contribution in [2.45, 2.75) is 32.6 Å². The fraction of sp³-hybridized carbons (Fsp3) is 1.00. The van der Waals surface area contributed by atoms with E-state index in [1.54, 1.807) is 6.92 Å². The third kappa shape index (κ3) is 0.444. The normalized spacial score (nSPS) is 56.4. The minimum absolute atomic E-state index is 0.337. The molecule has 0 aromatic carbocycles. The smallest absolute Gasteiger partial charge is 0.206 e. The van der Waals surface area contributed by atoms with Crippen molar-refractivity contribution in [1.29, 1.82) is 0 Å². The predicted molar refractivity (Wildman–Crippen MR) is 34.9 cm³/mol. The highest BCUT2D eigenvalue weighted by atomic mass is 19.3. The maximum Gasteiger partial charge on any atom is 0.257 e. The van der Waals surface area contributed by atoms with Gasteiger partial charge in [0.2, 0.25) is 0 Å². The second-order valence-corrected chi connectivity index (χ2v) is 4.01. The summed E-state index contributed by atoms with van der Waals surface area (Å²) in [5, 5.41) is 0. The lowest BCUT2D eigenvalue weighted by Gasteiger charge is -2.33. The van der Waals surface area contributed by atoms with Crippen LogP contribution in [0, 0.1) is 17.3 Å². The van der Waals surface area contributed by atoms with Gasteiger partial charge in [-0.3, -0.25) is 0 Å². The van der Waals surface area contributed by atoms with Gasteiger partial charge in [-0.25, -0.2) is 8.78 Å². The van der Waals surface area contributed by atoms with Crippen LogP contribution in [0.1, 0.15) is 26.7 Å². The fourth-order valence-corrected chi connectivity index (χ4v) is 2.52. The molecule has 0 aromatic heterocycles. The number of hydrogen-bond acceptors (Lipinski definition) is 0. The van der Waals surface area contributed by atoms with Crippen LogP contribution in [0.15, 0.2) is 0 Å². The predicted octanol–water partition coefficient (Wildman–Crippen LogP) is 2.69. The first-order valence-electron chi connectivity index (χ1n) is 3.88. The molecule has 2 saturated carbocycles. The van der Waals surface area contributed by atoms with E-state index in [0.29, 0.717) is 5.92 Å². The van der Waals surface area contributed by atoms with Gasteiger partial charge in [0.25, 0.3) is 5.92 Å². The molecule has 0 heterocycles. The van der Waals surface area contributed by atoms with Crippen LogP contribution in [0.5, 0.6) is 0 Å². The van der Waals surface area contributed by atoms with Gasteiger partial charge in [-0.05, 0) is 18.8 Å². The number of halogens is 2. The molecule has 1 atom stereocenters. The highest BCUT2D eigenvalue weighted by Gasteiger charge is 2.80. The molecule has 0 aromatic rings. The van der Waals surface area contributed by atoms with Crippen molar-refractivity contribution in [2.24, 2.45) is 17.3 Å². The van der Waals surface area contributed by atoms with Gasteiger partial charge in [0.15, 0.2) is 0 Å². The van der Waals surface area contributed by atoms with Gasteiger partial charge in [0, 0.05) is 11.3 Å². The molecule has 1 unspecified atom stereocenters. The number of hydrogen-bond donors (Lipinski definition) is 0. The summed E-state index contributed by atoms with van der Waals surface area (Å²) in [6.07, 6.45) is 1.50. The van der Waals surface area contributed by atoms with E-state index in [1.807, 2.05) is 6.92 Å². The highest BCUT2D eigenvalue weighted by molar-refractivity contribution is 5.21. The Morgan fingerprint density at radius 1 is 1.20 bits per heavy atom. The molecule has 0 aliphatic heterocycles. The van der Waals surface area contributed by atoms with Crippen LogP contribution in [0.25, 0.3) is 0 Å². The van der Waals surface area contributed by atoms with Gasteiger partial charge in [-0.1, -0.05) is 13.8 Å². The summed E-state index contributed by atoms with van der Waals surface area (Å²) in [4.78, 5) is 0. The SMILES string of the molecule is CC1CC2(C1)C(C)C2(F)F. The third-order valence-corrected chi connectivity index (χ3v) is 3.38. The zero-order chi connectivity index (χ0) is 7.57.